The molecule has 1 fully saturated rings. The Morgan fingerprint density at radius 2 is 1.83 bits per heavy atom. The van der Waals surface area contributed by atoms with Crippen molar-refractivity contribution in [2.75, 3.05) is 31.6 Å². The molecule has 0 unspecified atom stereocenters. The van der Waals surface area contributed by atoms with Crippen LogP contribution in [0.5, 0.6) is 11.5 Å². The fraction of sp³-hybridized carbons (Fsp3) is 0.455. The van der Waals surface area contributed by atoms with Gasteiger partial charge in [-0.25, -0.2) is 4.98 Å². The number of hydrogen-bond acceptors (Lipinski definition) is 6. The lowest BCUT2D eigenvalue weighted by molar-refractivity contribution is 0.210. The van der Waals surface area contributed by atoms with E-state index in [2.05, 4.69) is 49.3 Å². The first-order chi connectivity index (χ1) is 14.1. The lowest BCUT2D eigenvalue weighted by Gasteiger charge is -2.32. The monoisotopic (exact) mass is 458 g/mol. The Balaban J connectivity index is 1.57. The summed E-state index contributed by atoms with van der Waals surface area (Å²) in [5, 5.41) is 12.4. The number of pyridine rings is 1. The summed E-state index contributed by atoms with van der Waals surface area (Å²) in [7, 11) is 0. The van der Waals surface area contributed by atoms with Crippen LogP contribution in [0.15, 0.2) is 34.9 Å². The topological polar surface area (TPSA) is 70.4 Å². The lowest BCUT2D eigenvalue weighted by atomic mass is 10.0. The van der Waals surface area contributed by atoms with E-state index in [-0.39, 0.29) is 0 Å². The van der Waals surface area contributed by atoms with Gasteiger partial charge in [-0.3, -0.25) is 4.90 Å². The van der Waals surface area contributed by atoms with Crippen molar-refractivity contribution < 1.29 is 9.47 Å². The highest BCUT2D eigenvalue weighted by Gasteiger charge is 2.20. The van der Waals surface area contributed by atoms with Gasteiger partial charge in [-0.05, 0) is 72.4 Å². The fourth-order valence-electron chi connectivity index (χ4n) is 3.49. The Kier molecular flexibility index (Phi) is 7.73. The molecule has 0 atom stereocenters. The molecule has 1 aromatic carbocycles. The van der Waals surface area contributed by atoms with E-state index in [1.54, 1.807) is 12.3 Å². The number of anilines is 1. The Bertz CT molecular complexity index is 816. The highest BCUT2D eigenvalue weighted by atomic mass is 79.9. The van der Waals surface area contributed by atoms with Crippen LogP contribution >= 0.6 is 15.9 Å². The molecule has 0 bridgehead atoms. The summed E-state index contributed by atoms with van der Waals surface area (Å²) in [6.07, 6.45) is 3.71. The minimum absolute atomic E-state index is 0.398. The maximum Gasteiger partial charge on any atom is 0.137 e. The number of nitriles is 1. The molecule has 0 amide bonds. The molecule has 1 aliphatic rings. The van der Waals surface area contributed by atoms with Gasteiger partial charge < -0.3 is 14.8 Å². The number of halogens is 1. The Morgan fingerprint density at radius 1 is 1.17 bits per heavy atom. The maximum atomic E-state index is 8.88. The number of likely N-dealkylation sites (tertiary alicyclic amines) is 1. The molecule has 7 heteroatoms. The number of piperidine rings is 1. The molecule has 1 N–H and O–H groups in total. The highest BCUT2D eigenvalue weighted by Crippen LogP contribution is 2.36. The lowest BCUT2D eigenvalue weighted by Crippen LogP contribution is -2.38. The summed E-state index contributed by atoms with van der Waals surface area (Å²) < 4.78 is 12.4. The Hall–Kier alpha value is -2.30. The van der Waals surface area contributed by atoms with Crippen LogP contribution < -0.4 is 14.8 Å². The first-order valence-electron chi connectivity index (χ1n) is 10.1. The van der Waals surface area contributed by atoms with Gasteiger partial charge in [-0.15, -0.1) is 0 Å². The van der Waals surface area contributed by atoms with E-state index < -0.39 is 0 Å². The second kappa shape index (κ2) is 10.5. The summed E-state index contributed by atoms with van der Waals surface area (Å²) >= 11 is 3.60. The van der Waals surface area contributed by atoms with Gasteiger partial charge in [-0.1, -0.05) is 0 Å². The van der Waals surface area contributed by atoms with Crippen molar-refractivity contribution in [1.82, 2.24) is 9.88 Å². The van der Waals surface area contributed by atoms with Crippen molar-refractivity contribution in [2.45, 2.75) is 39.3 Å². The zero-order chi connectivity index (χ0) is 20.6. The van der Waals surface area contributed by atoms with Crippen LogP contribution in [0.1, 0.15) is 37.8 Å². The minimum atomic E-state index is 0.398. The number of rotatable bonds is 8. The van der Waals surface area contributed by atoms with Gasteiger partial charge in [0.2, 0.25) is 0 Å². The van der Waals surface area contributed by atoms with E-state index in [0.717, 1.165) is 54.3 Å². The largest absolute Gasteiger partial charge is 0.493 e. The number of hydrogen-bond donors (Lipinski definition) is 1. The van der Waals surface area contributed by atoms with Crippen LogP contribution in [0.2, 0.25) is 0 Å². The average molecular weight is 459 g/mol. The standard InChI is InChI=1S/C22H27BrN4O2/c1-3-28-19-11-17(12-20(22(19)23)29-4-2)15-27-9-7-18(8-10-27)26-21-6-5-16(13-24)14-25-21/h5-6,11-12,14,18H,3-4,7-10,15H2,1-2H3,(H,25,26). The Labute approximate surface area is 181 Å². The molecule has 154 valence electrons. The molecule has 0 aliphatic carbocycles. The first kappa shape index (κ1) is 21.4. The van der Waals surface area contributed by atoms with Crippen molar-refractivity contribution >= 4 is 21.7 Å². The van der Waals surface area contributed by atoms with Crippen LogP contribution in [0.25, 0.3) is 0 Å². The number of ether oxygens (including phenoxy) is 2. The van der Waals surface area contributed by atoms with Crippen molar-refractivity contribution in [1.29, 1.82) is 5.26 Å². The minimum Gasteiger partial charge on any atom is -0.493 e. The quantitative estimate of drug-likeness (QED) is 0.623. The van der Waals surface area contributed by atoms with Gasteiger partial charge in [-0.2, -0.15) is 5.26 Å². The molecule has 2 aromatic rings. The van der Waals surface area contributed by atoms with Crippen LogP contribution in [-0.4, -0.2) is 42.2 Å². The fourth-order valence-corrected chi connectivity index (χ4v) is 3.94. The van der Waals surface area contributed by atoms with Crippen LogP contribution in [-0.2, 0) is 6.54 Å². The maximum absolute atomic E-state index is 8.88. The molecule has 6 nitrogen and oxygen atoms in total. The second-order valence-corrected chi connectivity index (χ2v) is 7.80. The summed E-state index contributed by atoms with van der Waals surface area (Å²) in [6, 6.07) is 10.4. The molecule has 0 saturated carbocycles. The normalized spacial score (nSPS) is 15.0. The number of benzene rings is 1. The van der Waals surface area contributed by atoms with E-state index in [1.165, 1.54) is 5.56 Å². The van der Waals surface area contributed by atoms with Gasteiger partial charge in [0, 0.05) is 31.9 Å². The number of aromatic nitrogens is 1. The van der Waals surface area contributed by atoms with Gasteiger partial charge >= 0.3 is 0 Å². The molecule has 29 heavy (non-hydrogen) atoms. The van der Waals surface area contributed by atoms with Gasteiger partial charge in [0.15, 0.2) is 0 Å². The van der Waals surface area contributed by atoms with Crippen molar-refractivity contribution in [3.05, 3.63) is 46.1 Å². The number of nitrogens with zero attached hydrogens (tertiary/aromatic N) is 3. The first-order valence-corrected chi connectivity index (χ1v) is 10.8. The highest BCUT2D eigenvalue weighted by molar-refractivity contribution is 9.10. The third kappa shape index (κ3) is 5.84. The molecule has 1 saturated heterocycles. The van der Waals surface area contributed by atoms with Crippen LogP contribution in [0.4, 0.5) is 5.82 Å². The summed E-state index contributed by atoms with van der Waals surface area (Å²) in [5.41, 5.74) is 1.78. The van der Waals surface area contributed by atoms with Gasteiger partial charge in [0.05, 0.1) is 18.8 Å². The van der Waals surface area contributed by atoms with E-state index in [1.807, 2.05) is 19.9 Å². The second-order valence-electron chi connectivity index (χ2n) is 7.01. The van der Waals surface area contributed by atoms with Crippen molar-refractivity contribution in [2.24, 2.45) is 0 Å². The molecular weight excluding hydrogens is 432 g/mol. The van der Waals surface area contributed by atoms with Gasteiger partial charge in [0.25, 0.3) is 0 Å². The van der Waals surface area contributed by atoms with E-state index >= 15 is 0 Å². The summed E-state index contributed by atoms with van der Waals surface area (Å²) in [6.45, 7) is 8.10. The smallest absolute Gasteiger partial charge is 0.137 e. The molecule has 1 aliphatic heterocycles. The molecule has 1 aromatic heterocycles. The third-order valence-electron chi connectivity index (χ3n) is 4.90. The average Bonchev–Trinajstić information content (AvgIpc) is 2.74. The van der Waals surface area contributed by atoms with Gasteiger partial charge in [0.1, 0.15) is 27.9 Å². The van der Waals surface area contributed by atoms with Crippen molar-refractivity contribution in [3.8, 4) is 17.6 Å². The SMILES string of the molecule is CCOc1cc(CN2CCC(Nc3ccc(C#N)cn3)CC2)cc(OCC)c1Br. The molecule has 0 radical (unpaired) electrons. The third-order valence-corrected chi connectivity index (χ3v) is 5.69. The summed E-state index contributed by atoms with van der Waals surface area (Å²) in [4.78, 5) is 6.77. The van der Waals surface area contributed by atoms with E-state index in [0.29, 0.717) is 24.8 Å². The van der Waals surface area contributed by atoms with E-state index in [9.17, 15) is 0 Å². The zero-order valence-corrected chi connectivity index (χ0v) is 18.5. The predicted molar refractivity (Wildman–Crippen MR) is 117 cm³/mol. The molecule has 2 heterocycles. The predicted octanol–water partition coefficient (Wildman–Crippen LogP) is 4.59. The van der Waals surface area contributed by atoms with Crippen LogP contribution in [0, 0.1) is 11.3 Å². The molecule has 0 spiro atoms. The Morgan fingerprint density at radius 3 is 2.34 bits per heavy atom. The molecule has 3 rings (SSSR count). The van der Waals surface area contributed by atoms with Crippen LogP contribution in [0.3, 0.4) is 0 Å². The summed E-state index contributed by atoms with van der Waals surface area (Å²) in [5.74, 6) is 2.49. The molecular formula is C22H27BrN4O2. The number of nitrogens with one attached hydrogen (secondary N) is 1. The zero-order valence-electron chi connectivity index (χ0n) is 16.9. The van der Waals surface area contributed by atoms with Crippen molar-refractivity contribution in [3.63, 3.8) is 0 Å². The van der Waals surface area contributed by atoms with E-state index in [4.69, 9.17) is 14.7 Å².